The van der Waals surface area contributed by atoms with Gasteiger partial charge >= 0.3 is 5.69 Å². The number of nitrogens with zero attached hydrogens (tertiary/aromatic N) is 3. The smallest absolute Gasteiger partial charge is 0.330 e. The maximum atomic E-state index is 13.4. The second kappa shape index (κ2) is 10.0. The highest BCUT2D eigenvalue weighted by atomic mass is 35.5. The number of rotatable bonds is 7. The number of amides is 1. The van der Waals surface area contributed by atoms with E-state index in [9.17, 15) is 14.4 Å². The maximum Gasteiger partial charge on any atom is 0.330 e. The highest BCUT2D eigenvalue weighted by molar-refractivity contribution is 6.52. The minimum atomic E-state index is -0.804. The number of anilines is 2. The van der Waals surface area contributed by atoms with E-state index >= 15 is 0 Å². The molecule has 0 atom stereocenters. The number of carbonyl (C=O) groups is 1. The number of unbranched alkanes of at least 4 members (excludes halogenated alkanes) is 1. The fraction of sp³-hybridized carbons (Fsp3) is 0.444. The summed E-state index contributed by atoms with van der Waals surface area (Å²) < 4.78 is 1.22. The van der Waals surface area contributed by atoms with E-state index in [4.69, 9.17) is 52.1 Å². The first-order valence-corrected chi connectivity index (χ1v) is 10.7. The molecule has 1 amide bonds. The lowest BCUT2D eigenvalue weighted by molar-refractivity contribution is 0.0979. The largest absolute Gasteiger partial charge is 0.383 e. The zero-order valence-corrected chi connectivity index (χ0v) is 19.6. The molecule has 2 aromatic rings. The van der Waals surface area contributed by atoms with Crippen LogP contribution in [0.25, 0.3) is 0 Å². The van der Waals surface area contributed by atoms with Crippen LogP contribution in [0.15, 0.2) is 9.59 Å². The maximum absolute atomic E-state index is 13.4. The Morgan fingerprint density at radius 3 is 2.37 bits per heavy atom. The first kappa shape index (κ1) is 24.5. The Hall–Kier alpha value is -1.74. The van der Waals surface area contributed by atoms with E-state index in [1.807, 2.05) is 20.8 Å². The molecule has 0 aliphatic carbocycles. The highest BCUT2D eigenvalue weighted by Gasteiger charge is 2.30. The third-order valence-corrected chi connectivity index (χ3v) is 5.88. The van der Waals surface area contributed by atoms with E-state index < -0.39 is 17.2 Å². The molecule has 0 aliphatic rings. The number of nitrogens with one attached hydrogen (secondary N) is 1. The topological polar surface area (TPSA) is 114 Å². The molecule has 0 unspecified atom stereocenters. The van der Waals surface area contributed by atoms with Crippen molar-refractivity contribution in [2.45, 2.75) is 40.2 Å². The minimum absolute atomic E-state index is 0.0687. The highest BCUT2D eigenvalue weighted by Crippen LogP contribution is 2.37. The van der Waals surface area contributed by atoms with Crippen molar-refractivity contribution in [1.82, 2.24) is 14.5 Å². The lowest BCUT2D eigenvalue weighted by Crippen LogP contribution is -2.43. The van der Waals surface area contributed by atoms with Gasteiger partial charge in [0.2, 0.25) is 0 Å². The molecule has 2 rings (SSSR count). The summed E-state index contributed by atoms with van der Waals surface area (Å²) in [5, 5.41) is -0.658. The van der Waals surface area contributed by atoms with Gasteiger partial charge in [0, 0.05) is 13.1 Å². The second-order valence-corrected chi connectivity index (χ2v) is 8.49. The molecule has 0 saturated heterocycles. The van der Waals surface area contributed by atoms with Crippen molar-refractivity contribution in [2.75, 3.05) is 17.2 Å². The molecule has 12 heteroatoms. The first-order chi connectivity index (χ1) is 14.0. The zero-order chi connectivity index (χ0) is 22.7. The van der Waals surface area contributed by atoms with E-state index in [0.717, 1.165) is 11.3 Å². The molecular weight excluding hydrogens is 476 g/mol. The quantitative estimate of drug-likeness (QED) is 0.556. The molecule has 0 saturated carbocycles. The van der Waals surface area contributed by atoms with Gasteiger partial charge in [-0.15, -0.1) is 0 Å². The van der Waals surface area contributed by atoms with Gasteiger partial charge in [-0.05, 0) is 12.3 Å². The van der Waals surface area contributed by atoms with Gasteiger partial charge in [0.05, 0.1) is 15.1 Å². The van der Waals surface area contributed by atoms with E-state index in [0.29, 0.717) is 6.42 Å². The van der Waals surface area contributed by atoms with Gasteiger partial charge in [0.15, 0.2) is 11.4 Å². The van der Waals surface area contributed by atoms with Crippen LogP contribution in [0.5, 0.6) is 0 Å². The second-order valence-electron chi connectivity index (χ2n) is 7.00. The lowest BCUT2D eigenvalue weighted by atomic mass is 10.1. The fourth-order valence-electron chi connectivity index (χ4n) is 2.77. The Labute approximate surface area is 192 Å². The summed E-state index contributed by atoms with van der Waals surface area (Å²) in [6.45, 7) is 6.01. The summed E-state index contributed by atoms with van der Waals surface area (Å²) in [4.78, 5) is 45.5. The van der Waals surface area contributed by atoms with Crippen LogP contribution in [0, 0.1) is 5.92 Å². The van der Waals surface area contributed by atoms with Crippen LogP contribution in [0.1, 0.15) is 44.1 Å². The number of aromatic nitrogens is 3. The molecule has 3 N–H and O–H groups in total. The Balaban J connectivity index is 2.72. The van der Waals surface area contributed by atoms with Crippen molar-refractivity contribution in [3.63, 3.8) is 0 Å². The Morgan fingerprint density at radius 2 is 1.80 bits per heavy atom. The third kappa shape index (κ3) is 4.94. The molecule has 164 valence electrons. The van der Waals surface area contributed by atoms with E-state index in [2.05, 4.69) is 9.97 Å². The normalized spacial score (nSPS) is 11.2. The van der Waals surface area contributed by atoms with Crippen molar-refractivity contribution < 1.29 is 4.79 Å². The molecule has 0 aromatic carbocycles. The van der Waals surface area contributed by atoms with Crippen molar-refractivity contribution in [3.8, 4) is 0 Å². The van der Waals surface area contributed by atoms with Gasteiger partial charge in [-0.1, -0.05) is 73.6 Å². The number of aromatic amines is 1. The van der Waals surface area contributed by atoms with Crippen LogP contribution < -0.4 is 21.9 Å². The lowest BCUT2D eigenvalue weighted by Gasteiger charge is -2.26. The monoisotopic (exact) mass is 495 g/mol. The van der Waals surface area contributed by atoms with E-state index in [1.165, 1.54) is 4.57 Å². The standard InChI is InChI=1S/C18H21Cl4N5O3/c1-4-5-6-26-15(23)13(16(28)25-18(26)30)27(7-8(2)3)17(29)12-10(20)9(19)11(21)14(22)24-12/h8H,4-7,23H2,1-3H3,(H,25,28,30). The summed E-state index contributed by atoms with van der Waals surface area (Å²) in [6, 6.07) is 0. The Morgan fingerprint density at radius 1 is 1.17 bits per heavy atom. The number of nitrogens with two attached hydrogens (primary N) is 1. The number of nitrogen functional groups attached to an aromatic ring is 1. The first-order valence-electron chi connectivity index (χ1n) is 9.15. The molecule has 30 heavy (non-hydrogen) atoms. The van der Waals surface area contributed by atoms with Crippen LogP contribution in [0.2, 0.25) is 20.2 Å². The van der Waals surface area contributed by atoms with Crippen molar-refractivity contribution in [3.05, 3.63) is 46.8 Å². The molecule has 0 aliphatic heterocycles. The molecule has 2 aromatic heterocycles. The van der Waals surface area contributed by atoms with Gasteiger partial charge in [0.25, 0.3) is 11.5 Å². The molecule has 0 bridgehead atoms. The predicted molar refractivity (Wildman–Crippen MR) is 121 cm³/mol. The van der Waals surface area contributed by atoms with Crippen molar-refractivity contribution >= 4 is 63.8 Å². The summed E-state index contributed by atoms with van der Waals surface area (Å²) in [6.07, 6.45) is 1.46. The van der Waals surface area contributed by atoms with Gasteiger partial charge in [-0.25, -0.2) is 9.78 Å². The van der Waals surface area contributed by atoms with Gasteiger partial charge in [-0.3, -0.25) is 24.0 Å². The molecule has 0 fully saturated rings. The van der Waals surface area contributed by atoms with E-state index in [1.54, 1.807) is 0 Å². The summed E-state index contributed by atoms with van der Waals surface area (Å²) in [5.74, 6) is -0.957. The van der Waals surface area contributed by atoms with Crippen molar-refractivity contribution in [2.24, 2.45) is 5.92 Å². The summed E-state index contributed by atoms with van der Waals surface area (Å²) in [7, 11) is 0. The van der Waals surface area contributed by atoms with Crippen molar-refractivity contribution in [1.29, 1.82) is 0 Å². The third-order valence-electron chi connectivity index (χ3n) is 4.20. The Kier molecular flexibility index (Phi) is 8.21. The van der Waals surface area contributed by atoms with Crippen LogP contribution in [0.4, 0.5) is 11.5 Å². The molecular formula is C18H21Cl4N5O3. The zero-order valence-electron chi connectivity index (χ0n) is 16.6. The number of hydrogen-bond donors (Lipinski definition) is 2. The number of H-pyrrole nitrogens is 1. The molecule has 0 spiro atoms. The van der Waals surface area contributed by atoms with Crippen LogP contribution >= 0.6 is 46.4 Å². The van der Waals surface area contributed by atoms with Gasteiger partial charge < -0.3 is 5.73 Å². The van der Waals surface area contributed by atoms with Gasteiger partial charge in [-0.2, -0.15) is 0 Å². The van der Waals surface area contributed by atoms with Crippen LogP contribution in [-0.4, -0.2) is 27.0 Å². The summed E-state index contributed by atoms with van der Waals surface area (Å²) in [5.41, 5.74) is 4.24. The van der Waals surface area contributed by atoms with E-state index in [-0.39, 0.29) is 56.4 Å². The fourth-order valence-corrected chi connectivity index (χ4v) is 3.58. The molecule has 8 nitrogen and oxygen atoms in total. The SMILES string of the molecule is CCCCn1c(N)c(N(CC(C)C)C(=O)c2nc(Cl)c(Cl)c(Cl)c2Cl)c(=O)[nH]c1=O. The number of hydrogen-bond acceptors (Lipinski definition) is 5. The molecule has 0 radical (unpaired) electrons. The number of pyridine rings is 1. The number of carbonyl (C=O) groups excluding carboxylic acids is 1. The average molecular weight is 497 g/mol. The average Bonchev–Trinajstić information content (AvgIpc) is 2.67. The Bertz CT molecular complexity index is 1080. The predicted octanol–water partition coefficient (Wildman–Crippen LogP) is 4.23. The van der Waals surface area contributed by atoms with Crippen LogP contribution in [0.3, 0.4) is 0 Å². The summed E-state index contributed by atoms with van der Waals surface area (Å²) >= 11 is 24.1. The van der Waals surface area contributed by atoms with Crippen LogP contribution in [-0.2, 0) is 6.54 Å². The number of halogens is 4. The molecule has 2 heterocycles. The van der Waals surface area contributed by atoms with Gasteiger partial charge in [0.1, 0.15) is 11.0 Å². The minimum Gasteiger partial charge on any atom is -0.383 e.